The van der Waals surface area contributed by atoms with Crippen LogP contribution in [0.2, 0.25) is 0 Å². The van der Waals surface area contributed by atoms with Gasteiger partial charge in [-0.15, -0.1) is 0 Å². The third kappa shape index (κ3) is 1.75. The predicted octanol–water partition coefficient (Wildman–Crippen LogP) is 5.62. The van der Waals surface area contributed by atoms with E-state index in [1.54, 1.807) is 27.8 Å². The van der Waals surface area contributed by atoms with Gasteiger partial charge in [-0.25, -0.2) is 0 Å². The summed E-state index contributed by atoms with van der Waals surface area (Å²) in [6.45, 7) is 2.32. The first kappa shape index (κ1) is 14.8. The molecule has 0 nitrogen and oxygen atoms in total. The Bertz CT molecular complexity index is 999. The van der Waals surface area contributed by atoms with Gasteiger partial charge in [-0.2, -0.15) is 0 Å². The Kier molecular flexibility index (Phi) is 2.90. The molecule has 0 spiro atoms. The van der Waals surface area contributed by atoms with Crippen molar-refractivity contribution in [3.05, 3.63) is 106 Å². The van der Waals surface area contributed by atoms with Crippen LogP contribution in [0.3, 0.4) is 0 Å². The van der Waals surface area contributed by atoms with Crippen LogP contribution in [0.4, 0.5) is 0 Å². The summed E-state index contributed by atoms with van der Waals surface area (Å²) in [4.78, 5) is 0. The molecule has 1 fully saturated rings. The molecule has 0 heteroatoms. The lowest BCUT2D eigenvalue weighted by molar-refractivity contribution is 0.359. The van der Waals surface area contributed by atoms with Crippen LogP contribution in [-0.2, 0) is 24.7 Å². The number of hydrogen-bond donors (Lipinski definition) is 0. The molecule has 26 heavy (non-hydrogen) atoms. The van der Waals surface area contributed by atoms with Gasteiger partial charge in [-0.3, -0.25) is 0 Å². The minimum atomic E-state index is 0.346. The van der Waals surface area contributed by atoms with Gasteiger partial charge in [0.2, 0.25) is 0 Å². The van der Waals surface area contributed by atoms with E-state index in [1.165, 1.54) is 24.8 Å². The lowest BCUT2D eigenvalue weighted by atomic mass is 9.68. The molecule has 0 saturated heterocycles. The Morgan fingerprint density at radius 3 is 2.12 bits per heavy atom. The van der Waals surface area contributed by atoms with Crippen LogP contribution in [0.15, 0.2) is 72.8 Å². The zero-order chi connectivity index (χ0) is 17.3. The van der Waals surface area contributed by atoms with E-state index in [1.807, 2.05) is 0 Å². The number of fused-ring (bicyclic) bond motifs is 4. The molecule has 0 amide bonds. The van der Waals surface area contributed by atoms with E-state index >= 15 is 0 Å². The van der Waals surface area contributed by atoms with Crippen LogP contribution in [0.25, 0.3) is 0 Å². The first-order valence-electron chi connectivity index (χ1n) is 10.0. The van der Waals surface area contributed by atoms with Gasteiger partial charge in [-0.05, 0) is 77.3 Å². The number of aryl methyl sites for hydroxylation is 1. The Balaban J connectivity index is 1.60. The van der Waals surface area contributed by atoms with Crippen molar-refractivity contribution >= 4 is 0 Å². The Morgan fingerprint density at radius 1 is 0.692 bits per heavy atom. The molecule has 3 aliphatic rings. The summed E-state index contributed by atoms with van der Waals surface area (Å²) in [5.74, 6) is 2.17. The van der Waals surface area contributed by atoms with Crippen LogP contribution in [-0.4, -0.2) is 0 Å². The fourth-order valence-corrected chi connectivity index (χ4v) is 6.60. The highest BCUT2D eigenvalue weighted by atomic mass is 14.7. The largest absolute Gasteiger partial charge is 0.0620 e. The smallest absolute Gasteiger partial charge is 0.00995 e. The van der Waals surface area contributed by atoms with Crippen LogP contribution >= 0.6 is 0 Å². The molecule has 0 radical (unpaired) electrons. The maximum atomic E-state index is 2.43. The van der Waals surface area contributed by atoms with Gasteiger partial charge in [0, 0.05) is 5.41 Å². The Hall–Kier alpha value is -2.34. The van der Waals surface area contributed by atoms with Crippen molar-refractivity contribution in [1.82, 2.24) is 0 Å². The van der Waals surface area contributed by atoms with E-state index < -0.39 is 0 Å². The van der Waals surface area contributed by atoms with Crippen molar-refractivity contribution in [1.29, 1.82) is 0 Å². The number of benzene rings is 3. The molecular formula is C26H24. The second-order valence-electron chi connectivity index (χ2n) is 8.61. The monoisotopic (exact) mass is 336 g/mol. The summed E-state index contributed by atoms with van der Waals surface area (Å²) in [7, 11) is 0. The van der Waals surface area contributed by atoms with Crippen LogP contribution < -0.4 is 0 Å². The summed E-state index contributed by atoms with van der Waals surface area (Å²) < 4.78 is 0. The molecule has 0 N–H and O–H groups in total. The topological polar surface area (TPSA) is 0 Å². The van der Waals surface area contributed by atoms with Gasteiger partial charge in [0.1, 0.15) is 0 Å². The first-order chi connectivity index (χ1) is 12.8. The molecule has 0 unspecified atom stereocenters. The van der Waals surface area contributed by atoms with Gasteiger partial charge in [0.15, 0.2) is 0 Å². The normalized spacial score (nSPS) is 30.6. The molecule has 3 aromatic carbocycles. The molecule has 128 valence electrons. The molecule has 0 bridgehead atoms. The lowest BCUT2D eigenvalue weighted by Gasteiger charge is -2.35. The van der Waals surface area contributed by atoms with Crippen molar-refractivity contribution < 1.29 is 0 Å². The number of rotatable bonds is 1. The second-order valence-corrected chi connectivity index (χ2v) is 8.61. The highest BCUT2D eigenvalue weighted by Gasteiger charge is 2.71. The standard InChI is InChI=1S/C26H24/c1-17-8-2-7-13-23(17)26-21-14-18-9-3-4-10-19(18)16-24(26)25(26)22-12-6-5-11-20(22)15-21/h2-13,21,24-25H,14-16H2,1H3/t21-,24+,25-,26-/m1/s1. The quantitative estimate of drug-likeness (QED) is 0.541. The van der Waals surface area contributed by atoms with Gasteiger partial charge in [0.25, 0.3) is 0 Å². The van der Waals surface area contributed by atoms with Gasteiger partial charge in [-0.1, -0.05) is 72.8 Å². The van der Waals surface area contributed by atoms with E-state index in [-0.39, 0.29) is 0 Å². The van der Waals surface area contributed by atoms with Crippen molar-refractivity contribution in [3.8, 4) is 0 Å². The van der Waals surface area contributed by atoms with Crippen molar-refractivity contribution in [3.63, 3.8) is 0 Å². The van der Waals surface area contributed by atoms with Crippen LogP contribution in [0, 0.1) is 18.8 Å². The lowest BCUT2D eigenvalue weighted by Crippen LogP contribution is -2.31. The molecule has 0 aliphatic heterocycles. The molecule has 0 heterocycles. The van der Waals surface area contributed by atoms with Crippen molar-refractivity contribution in [2.45, 2.75) is 37.5 Å². The average Bonchev–Trinajstić information content (AvgIpc) is 3.36. The van der Waals surface area contributed by atoms with E-state index in [4.69, 9.17) is 0 Å². The summed E-state index contributed by atoms with van der Waals surface area (Å²) in [6, 6.07) is 27.7. The fourth-order valence-electron chi connectivity index (χ4n) is 6.60. The summed E-state index contributed by atoms with van der Waals surface area (Å²) >= 11 is 0. The third-order valence-corrected chi connectivity index (χ3v) is 7.59. The van der Waals surface area contributed by atoms with Crippen molar-refractivity contribution in [2.24, 2.45) is 11.8 Å². The summed E-state index contributed by atoms with van der Waals surface area (Å²) in [5.41, 5.74) is 9.89. The maximum absolute atomic E-state index is 2.43. The molecule has 3 aliphatic carbocycles. The van der Waals surface area contributed by atoms with E-state index in [9.17, 15) is 0 Å². The van der Waals surface area contributed by atoms with Gasteiger partial charge >= 0.3 is 0 Å². The number of hydrogen-bond acceptors (Lipinski definition) is 0. The van der Waals surface area contributed by atoms with E-state index in [0.29, 0.717) is 11.3 Å². The Labute approximate surface area is 155 Å². The van der Waals surface area contributed by atoms with Gasteiger partial charge < -0.3 is 0 Å². The van der Waals surface area contributed by atoms with E-state index in [2.05, 4.69) is 79.7 Å². The predicted molar refractivity (Wildman–Crippen MR) is 107 cm³/mol. The summed E-state index contributed by atoms with van der Waals surface area (Å²) in [6.07, 6.45) is 3.69. The zero-order valence-electron chi connectivity index (χ0n) is 15.3. The van der Waals surface area contributed by atoms with Crippen LogP contribution in [0.5, 0.6) is 0 Å². The Morgan fingerprint density at radius 2 is 1.31 bits per heavy atom. The van der Waals surface area contributed by atoms with E-state index in [0.717, 1.165) is 11.8 Å². The minimum Gasteiger partial charge on any atom is -0.0620 e. The average molecular weight is 336 g/mol. The molecule has 1 saturated carbocycles. The molecule has 3 aromatic rings. The molecular weight excluding hydrogens is 312 g/mol. The third-order valence-electron chi connectivity index (χ3n) is 7.59. The summed E-state index contributed by atoms with van der Waals surface area (Å²) in [5, 5.41) is 0. The zero-order valence-corrected chi connectivity index (χ0v) is 15.3. The van der Waals surface area contributed by atoms with Gasteiger partial charge in [0.05, 0.1) is 0 Å². The highest BCUT2D eigenvalue weighted by molar-refractivity contribution is 5.57. The highest BCUT2D eigenvalue weighted by Crippen LogP contribution is 2.74. The van der Waals surface area contributed by atoms with Crippen molar-refractivity contribution in [2.75, 3.05) is 0 Å². The van der Waals surface area contributed by atoms with Crippen LogP contribution in [0.1, 0.15) is 39.3 Å². The molecule has 0 aromatic heterocycles. The second kappa shape index (κ2) is 5.10. The minimum absolute atomic E-state index is 0.346. The SMILES string of the molecule is Cc1ccccc1[C@]12[C@@H]3Cc4ccccc4C[C@H]1[C@H]2c1ccccc1C3. The first-order valence-corrected chi connectivity index (χ1v) is 10.0. The molecule has 4 atom stereocenters. The maximum Gasteiger partial charge on any atom is 0.00995 e. The molecule has 6 rings (SSSR count). The fraction of sp³-hybridized carbons (Fsp3) is 0.308.